The van der Waals surface area contributed by atoms with Crippen molar-refractivity contribution in [1.82, 2.24) is 0 Å². The molecule has 2 aromatic carbocycles. The maximum absolute atomic E-state index is 13.1. The van der Waals surface area contributed by atoms with Crippen molar-refractivity contribution < 1.29 is 4.79 Å². The van der Waals surface area contributed by atoms with Crippen LogP contribution in [-0.2, 0) is 17.6 Å². The van der Waals surface area contributed by atoms with Crippen molar-refractivity contribution >= 4 is 16.6 Å². The highest BCUT2D eigenvalue weighted by Gasteiger charge is 2.53. The van der Waals surface area contributed by atoms with Gasteiger partial charge >= 0.3 is 0 Å². The zero-order valence-electron chi connectivity index (χ0n) is 16.1. The maximum atomic E-state index is 13.1. The maximum Gasteiger partial charge on any atom is 0.144 e. The Hall–Kier alpha value is -1.89. The van der Waals surface area contributed by atoms with Crippen LogP contribution in [0.2, 0.25) is 0 Å². The van der Waals surface area contributed by atoms with E-state index >= 15 is 0 Å². The Morgan fingerprint density at radius 3 is 2.52 bits per heavy atom. The minimum atomic E-state index is -0.0637. The summed E-state index contributed by atoms with van der Waals surface area (Å²) in [4.78, 5) is 13.1. The molecule has 0 N–H and O–H groups in total. The molecule has 2 saturated carbocycles. The summed E-state index contributed by atoms with van der Waals surface area (Å²) in [7, 11) is 0. The van der Waals surface area contributed by atoms with E-state index in [0.29, 0.717) is 18.1 Å². The summed E-state index contributed by atoms with van der Waals surface area (Å²) in [6, 6.07) is 11.9. The molecule has 1 spiro atoms. The molecule has 0 aromatic heterocycles. The van der Waals surface area contributed by atoms with Gasteiger partial charge in [0.1, 0.15) is 5.78 Å². The van der Waals surface area contributed by atoms with E-state index in [9.17, 15) is 4.79 Å². The molecule has 6 rings (SSSR count). The number of rotatable bonds is 1. The summed E-state index contributed by atoms with van der Waals surface area (Å²) in [5.41, 5.74) is 5.77. The number of hydrogen-bond acceptors (Lipinski definition) is 1. The van der Waals surface area contributed by atoms with Crippen molar-refractivity contribution in [3.8, 4) is 0 Å². The lowest BCUT2D eigenvalue weighted by Crippen LogP contribution is -2.42. The number of benzene rings is 2. The molecule has 1 nitrogen and oxygen atoms in total. The van der Waals surface area contributed by atoms with Gasteiger partial charge in [-0.3, -0.25) is 4.79 Å². The molecule has 2 atom stereocenters. The molecule has 0 aliphatic heterocycles. The standard InChI is InChI=1S/C26H28O/c27-25-14-22-12-20-8-7-19(18-4-2-1-3-5-18)11-21(20)13-23(22)16-26(25)15-17-6-9-24(26)10-17/h6-8,11-13,18,24H,1-5,9-10,14-16H2. The predicted molar refractivity (Wildman–Crippen MR) is 110 cm³/mol. The van der Waals surface area contributed by atoms with Gasteiger partial charge in [-0.1, -0.05) is 61.2 Å². The highest BCUT2D eigenvalue weighted by Crippen LogP contribution is 2.57. The highest BCUT2D eigenvalue weighted by atomic mass is 16.1. The van der Waals surface area contributed by atoms with Crippen LogP contribution in [0.1, 0.15) is 74.0 Å². The second-order valence-electron chi connectivity index (χ2n) is 9.67. The van der Waals surface area contributed by atoms with Gasteiger partial charge in [0.2, 0.25) is 0 Å². The van der Waals surface area contributed by atoms with Gasteiger partial charge in [-0.2, -0.15) is 0 Å². The number of hydrogen-bond donors (Lipinski definition) is 0. The van der Waals surface area contributed by atoms with Gasteiger partial charge in [0.25, 0.3) is 0 Å². The Balaban J connectivity index is 1.40. The van der Waals surface area contributed by atoms with Crippen LogP contribution in [0.15, 0.2) is 42.0 Å². The van der Waals surface area contributed by atoms with Crippen LogP contribution >= 0.6 is 0 Å². The van der Waals surface area contributed by atoms with Crippen LogP contribution in [0.25, 0.3) is 10.8 Å². The van der Waals surface area contributed by atoms with Crippen LogP contribution in [0, 0.1) is 11.3 Å². The molecule has 0 heterocycles. The summed E-state index contributed by atoms with van der Waals surface area (Å²) in [6.45, 7) is 0. The lowest BCUT2D eigenvalue weighted by Gasteiger charge is -2.39. The molecule has 2 aromatic rings. The van der Waals surface area contributed by atoms with Crippen LogP contribution in [0.5, 0.6) is 0 Å². The van der Waals surface area contributed by atoms with E-state index in [0.717, 1.165) is 25.2 Å². The third kappa shape index (κ3) is 2.40. The Bertz CT molecular complexity index is 975. The number of allylic oxidation sites excluding steroid dienone is 2. The number of Topliss-reactive ketones (excluding diaryl/α,β-unsaturated/α-hetero) is 1. The van der Waals surface area contributed by atoms with Gasteiger partial charge in [-0.25, -0.2) is 0 Å². The fourth-order valence-corrected chi connectivity index (χ4v) is 6.66. The van der Waals surface area contributed by atoms with E-state index < -0.39 is 0 Å². The zero-order chi connectivity index (χ0) is 18.0. The summed E-state index contributed by atoms with van der Waals surface area (Å²) >= 11 is 0. The molecule has 2 bridgehead atoms. The lowest BCUT2D eigenvalue weighted by molar-refractivity contribution is -0.131. The van der Waals surface area contributed by atoms with Gasteiger partial charge < -0.3 is 0 Å². The fourth-order valence-electron chi connectivity index (χ4n) is 6.66. The largest absolute Gasteiger partial charge is 0.299 e. The molecule has 1 heteroatoms. The first kappa shape index (κ1) is 16.1. The van der Waals surface area contributed by atoms with Gasteiger partial charge in [0.15, 0.2) is 0 Å². The van der Waals surface area contributed by atoms with Gasteiger partial charge in [-0.05, 0) is 77.8 Å². The van der Waals surface area contributed by atoms with Crippen molar-refractivity contribution in [3.63, 3.8) is 0 Å². The molecule has 27 heavy (non-hydrogen) atoms. The van der Waals surface area contributed by atoms with E-state index in [4.69, 9.17) is 0 Å². The summed E-state index contributed by atoms with van der Waals surface area (Å²) in [5, 5.41) is 2.71. The molecule has 138 valence electrons. The molecular weight excluding hydrogens is 328 g/mol. The molecule has 0 saturated heterocycles. The molecule has 4 aliphatic carbocycles. The molecular formula is C26H28O. The average molecular weight is 357 g/mol. The van der Waals surface area contributed by atoms with Crippen molar-refractivity contribution in [3.05, 3.63) is 58.7 Å². The van der Waals surface area contributed by atoms with E-state index in [1.807, 2.05) is 0 Å². The van der Waals surface area contributed by atoms with Gasteiger partial charge in [0, 0.05) is 11.8 Å². The van der Waals surface area contributed by atoms with Crippen LogP contribution in [-0.4, -0.2) is 5.78 Å². The van der Waals surface area contributed by atoms with Crippen LogP contribution < -0.4 is 0 Å². The Morgan fingerprint density at radius 1 is 0.889 bits per heavy atom. The second kappa shape index (κ2) is 5.80. The normalized spacial score (nSPS) is 30.1. The minimum Gasteiger partial charge on any atom is -0.299 e. The lowest BCUT2D eigenvalue weighted by atomic mass is 9.63. The van der Waals surface area contributed by atoms with Crippen molar-refractivity contribution in [2.75, 3.05) is 0 Å². The third-order valence-corrected chi connectivity index (χ3v) is 8.20. The second-order valence-corrected chi connectivity index (χ2v) is 9.67. The van der Waals surface area contributed by atoms with Crippen molar-refractivity contribution in [2.24, 2.45) is 11.3 Å². The topological polar surface area (TPSA) is 17.1 Å². The van der Waals surface area contributed by atoms with Gasteiger partial charge in [0.05, 0.1) is 0 Å². The van der Waals surface area contributed by atoms with E-state index in [-0.39, 0.29) is 5.41 Å². The smallest absolute Gasteiger partial charge is 0.144 e. The number of ketones is 1. The SMILES string of the molecule is O=C1Cc2cc3ccc(C4CCCCC4)cc3cc2CC12CC1=CCC2C1. The van der Waals surface area contributed by atoms with Gasteiger partial charge in [-0.15, -0.1) is 0 Å². The highest BCUT2D eigenvalue weighted by molar-refractivity contribution is 5.93. The van der Waals surface area contributed by atoms with Crippen LogP contribution in [0.3, 0.4) is 0 Å². The number of fused-ring (bicyclic) bond motifs is 5. The quantitative estimate of drug-likeness (QED) is 0.549. The Labute approximate surface area is 161 Å². The number of carbonyl (C=O) groups is 1. The zero-order valence-corrected chi connectivity index (χ0v) is 16.1. The van der Waals surface area contributed by atoms with E-state index in [1.54, 1.807) is 5.57 Å². The molecule has 0 radical (unpaired) electrons. The van der Waals surface area contributed by atoms with E-state index in [1.165, 1.54) is 66.0 Å². The predicted octanol–water partition coefficient (Wildman–Crippen LogP) is 6.28. The fraction of sp³-hybridized carbons (Fsp3) is 0.500. The Kier molecular flexibility index (Phi) is 3.46. The monoisotopic (exact) mass is 356 g/mol. The first-order valence-corrected chi connectivity index (χ1v) is 11.0. The first-order valence-electron chi connectivity index (χ1n) is 11.0. The summed E-state index contributed by atoms with van der Waals surface area (Å²) in [5.74, 6) is 1.85. The average Bonchev–Trinajstić information content (AvgIpc) is 3.30. The minimum absolute atomic E-state index is 0.0637. The van der Waals surface area contributed by atoms with Crippen molar-refractivity contribution in [1.29, 1.82) is 0 Å². The summed E-state index contributed by atoms with van der Waals surface area (Å²) in [6.07, 6.45) is 14.3. The summed E-state index contributed by atoms with van der Waals surface area (Å²) < 4.78 is 0. The molecule has 4 aliphatic rings. The molecule has 2 unspecified atom stereocenters. The molecule has 2 fully saturated rings. The first-order chi connectivity index (χ1) is 13.2. The van der Waals surface area contributed by atoms with E-state index in [2.05, 4.69) is 36.4 Å². The van der Waals surface area contributed by atoms with Crippen LogP contribution in [0.4, 0.5) is 0 Å². The molecule has 0 amide bonds. The third-order valence-electron chi connectivity index (χ3n) is 8.20. The Morgan fingerprint density at radius 2 is 1.74 bits per heavy atom. The van der Waals surface area contributed by atoms with Crippen molar-refractivity contribution in [2.45, 2.75) is 70.1 Å². The number of carbonyl (C=O) groups excluding carboxylic acids is 1.